The van der Waals surface area contributed by atoms with E-state index in [1.165, 1.54) is 0 Å². The Kier molecular flexibility index (Phi) is 2.97. The lowest BCUT2D eigenvalue weighted by molar-refractivity contribution is 0.583. The second-order valence-corrected chi connectivity index (χ2v) is 5.34. The zero-order valence-electron chi connectivity index (χ0n) is 12.3. The lowest BCUT2D eigenvalue weighted by Gasteiger charge is -2.29. The monoisotopic (exact) mass is 299 g/mol. The second kappa shape index (κ2) is 4.99. The van der Waals surface area contributed by atoms with Gasteiger partial charge in [0.1, 0.15) is 12.1 Å². The van der Waals surface area contributed by atoms with Crippen molar-refractivity contribution in [2.24, 2.45) is 0 Å². The number of nitrogens with two attached hydrogens (primary N) is 1. The molecule has 1 fully saturated rings. The van der Waals surface area contributed by atoms with Gasteiger partial charge in [0, 0.05) is 37.8 Å². The quantitative estimate of drug-likeness (QED) is 0.718. The fourth-order valence-electron chi connectivity index (χ4n) is 2.74. The molecule has 4 heterocycles. The van der Waals surface area contributed by atoms with E-state index in [2.05, 4.69) is 25.3 Å². The Hall–Kier alpha value is -2.61. The van der Waals surface area contributed by atoms with Gasteiger partial charge in [-0.05, 0) is 13.0 Å². The minimum atomic E-state index is 0.352. The van der Waals surface area contributed by atoms with Crippen LogP contribution in [0.4, 0.5) is 11.7 Å². The Labute approximate surface area is 126 Å². The van der Waals surface area contributed by atoms with E-state index in [1.807, 2.05) is 6.92 Å². The first kappa shape index (κ1) is 13.1. The largest absolute Gasteiger partial charge is 0.438 e. The van der Waals surface area contributed by atoms with Crippen molar-refractivity contribution in [2.45, 2.75) is 6.92 Å². The molecule has 0 bridgehead atoms. The van der Waals surface area contributed by atoms with Crippen LogP contribution in [0.2, 0.25) is 0 Å². The molecule has 0 aromatic carbocycles. The number of fused-ring (bicyclic) bond motifs is 1. The zero-order chi connectivity index (χ0) is 15.1. The van der Waals surface area contributed by atoms with Crippen molar-refractivity contribution in [1.82, 2.24) is 24.9 Å². The highest BCUT2D eigenvalue weighted by molar-refractivity contribution is 5.63. The molecule has 0 saturated carbocycles. The summed E-state index contributed by atoms with van der Waals surface area (Å²) in [5, 5.41) is 7.75. The van der Waals surface area contributed by atoms with Gasteiger partial charge in [0.25, 0.3) is 0 Å². The fourth-order valence-corrected chi connectivity index (χ4v) is 2.74. The molecular formula is C14H17N7O. The number of hydrogen-bond donors (Lipinski definition) is 2. The molecule has 1 aliphatic heterocycles. The van der Waals surface area contributed by atoms with Crippen LogP contribution in [0.5, 0.6) is 0 Å². The van der Waals surface area contributed by atoms with Gasteiger partial charge in [-0.1, -0.05) is 0 Å². The first-order chi connectivity index (χ1) is 10.7. The van der Waals surface area contributed by atoms with Crippen molar-refractivity contribution < 1.29 is 4.42 Å². The summed E-state index contributed by atoms with van der Waals surface area (Å²) >= 11 is 0. The predicted octanol–water partition coefficient (Wildman–Crippen LogP) is 0.685. The summed E-state index contributed by atoms with van der Waals surface area (Å²) in [7, 11) is 0. The van der Waals surface area contributed by atoms with Gasteiger partial charge >= 0.3 is 0 Å². The van der Waals surface area contributed by atoms with Gasteiger partial charge in [-0.3, -0.25) is 0 Å². The van der Waals surface area contributed by atoms with Crippen LogP contribution in [-0.4, -0.2) is 45.8 Å². The molecular weight excluding hydrogens is 282 g/mol. The molecule has 0 unspecified atom stereocenters. The average Bonchev–Trinajstić information content (AvgIpc) is 3.15. The number of anilines is 2. The van der Waals surface area contributed by atoms with Crippen LogP contribution in [0.1, 0.15) is 5.56 Å². The lowest BCUT2D eigenvalue weighted by Crippen LogP contribution is -2.44. The number of aryl methyl sites for hydroxylation is 1. The average molecular weight is 299 g/mol. The van der Waals surface area contributed by atoms with Gasteiger partial charge in [-0.15, -0.1) is 5.10 Å². The SMILES string of the molecule is Cc1c(N2CCNCC2)ncn2nc(-c3ccc(N)o3)nc12. The molecule has 0 aliphatic carbocycles. The molecule has 22 heavy (non-hydrogen) atoms. The lowest BCUT2D eigenvalue weighted by atomic mass is 10.2. The molecule has 0 radical (unpaired) electrons. The summed E-state index contributed by atoms with van der Waals surface area (Å²) in [4.78, 5) is 11.4. The number of nitrogens with zero attached hydrogens (tertiary/aromatic N) is 5. The Morgan fingerprint density at radius 2 is 2.09 bits per heavy atom. The minimum absolute atomic E-state index is 0.352. The maximum absolute atomic E-state index is 5.61. The number of furan rings is 1. The summed E-state index contributed by atoms with van der Waals surface area (Å²) in [5.41, 5.74) is 7.41. The zero-order valence-corrected chi connectivity index (χ0v) is 12.3. The predicted molar refractivity (Wildman–Crippen MR) is 82.7 cm³/mol. The van der Waals surface area contributed by atoms with Crippen LogP contribution < -0.4 is 16.0 Å². The Balaban J connectivity index is 1.78. The highest BCUT2D eigenvalue weighted by Crippen LogP contribution is 2.24. The second-order valence-electron chi connectivity index (χ2n) is 5.34. The van der Waals surface area contributed by atoms with E-state index in [0.29, 0.717) is 17.5 Å². The number of rotatable bonds is 2. The topological polar surface area (TPSA) is 97.5 Å². The molecule has 1 saturated heterocycles. The molecule has 114 valence electrons. The van der Waals surface area contributed by atoms with Gasteiger partial charge in [-0.25, -0.2) is 14.5 Å². The fraction of sp³-hybridized carbons (Fsp3) is 0.357. The number of nitrogen functional groups attached to an aromatic ring is 1. The summed E-state index contributed by atoms with van der Waals surface area (Å²) in [5.74, 6) is 2.39. The third-order valence-corrected chi connectivity index (χ3v) is 3.86. The van der Waals surface area contributed by atoms with Gasteiger partial charge in [-0.2, -0.15) is 0 Å². The molecule has 8 heteroatoms. The summed E-state index contributed by atoms with van der Waals surface area (Å²) < 4.78 is 7.06. The van der Waals surface area contributed by atoms with Crippen LogP contribution in [0.15, 0.2) is 22.9 Å². The number of hydrogen-bond acceptors (Lipinski definition) is 7. The van der Waals surface area contributed by atoms with Crippen molar-refractivity contribution in [3.63, 3.8) is 0 Å². The molecule has 4 rings (SSSR count). The summed E-state index contributed by atoms with van der Waals surface area (Å²) in [6.45, 7) is 5.85. The van der Waals surface area contributed by atoms with Crippen molar-refractivity contribution in [1.29, 1.82) is 0 Å². The van der Waals surface area contributed by atoms with Crippen LogP contribution >= 0.6 is 0 Å². The molecule has 1 aliphatic rings. The van der Waals surface area contributed by atoms with Crippen molar-refractivity contribution in [3.05, 3.63) is 24.0 Å². The summed E-state index contributed by atoms with van der Waals surface area (Å²) in [6.07, 6.45) is 1.70. The van der Waals surface area contributed by atoms with Gasteiger partial charge in [0.2, 0.25) is 5.82 Å². The Morgan fingerprint density at radius 1 is 1.27 bits per heavy atom. The third-order valence-electron chi connectivity index (χ3n) is 3.86. The normalized spacial score (nSPS) is 15.6. The molecule has 3 N–H and O–H groups in total. The maximum atomic E-state index is 5.61. The van der Waals surface area contributed by atoms with Crippen LogP contribution in [0, 0.1) is 6.92 Å². The van der Waals surface area contributed by atoms with E-state index in [0.717, 1.165) is 43.2 Å². The standard InChI is InChI=1S/C14H17N7O/c1-9-13(20-6-4-16-5-7-20)17-8-21-14(9)18-12(19-21)10-2-3-11(15)22-10/h2-3,8,16H,4-7,15H2,1H3. The molecule has 3 aromatic rings. The smallest absolute Gasteiger partial charge is 0.218 e. The summed E-state index contributed by atoms with van der Waals surface area (Å²) in [6, 6.07) is 3.46. The molecule has 0 spiro atoms. The van der Waals surface area contributed by atoms with Gasteiger partial charge < -0.3 is 20.4 Å². The first-order valence-electron chi connectivity index (χ1n) is 7.26. The minimum Gasteiger partial charge on any atom is -0.438 e. The first-order valence-corrected chi connectivity index (χ1v) is 7.26. The molecule has 0 atom stereocenters. The molecule has 3 aromatic heterocycles. The Bertz CT molecular complexity index is 816. The van der Waals surface area contributed by atoms with Crippen LogP contribution in [0.3, 0.4) is 0 Å². The van der Waals surface area contributed by atoms with Crippen molar-refractivity contribution >= 4 is 17.3 Å². The van der Waals surface area contributed by atoms with Gasteiger partial charge in [0.15, 0.2) is 17.3 Å². The van der Waals surface area contributed by atoms with E-state index >= 15 is 0 Å². The van der Waals surface area contributed by atoms with Gasteiger partial charge in [0.05, 0.1) is 0 Å². The number of nitrogens with one attached hydrogen (secondary N) is 1. The van der Waals surface area contributed by atoms with Crippen LogP contribution in [0.25, 0.3) is 17.2 Å². The van der Waals surface area contributed by atoms with E-state index < -0.39 is 0 Å². The Morgan fingerprint density at radius 3 is 2.82 bits per heavy atom. The highest BCUT2D eigenvalue weighted by atomic mass is 16.4. The maximum Gasteiger partial charge on any atom is 0.218 e. The highest BCUT2D eigenvalue weighted by Gasteiger charge is 2.18. The molecule has 8 nitrogen and oxygen atoms in total. The number of piperazine rings is 1. The van der Waals surface area contributed by atoms with Crippen LogP contribution in [-0.2, 0) is 0 Å². The third kappa shape index (κ3) is 2.08. The van der Waals surface area contributed by atoms with E-state index in [-0.39, 0.29) is 0 Å². The van der Waals surface area contributed by atoms with E-state index in [4.69, 9.17) is 10.2 Å². The van der Waals surface area contributed by atoms with E-state index in [9.17, 15) is 0 Å². The number of aromatic nitrogens is 4. The van der Waals surface area contributed by atoms with Crippen molar-refractivity contribution in [3.8, 4) is 11.6 Å². The van der Waals surface area contributed by atoms with E-state index in [1.54, 1.807) is 23.0 Å². The molecule has 0 amide bonds. The van der Waals surface area contributed by atoms with Crippen molar-refractivity contribution in [2.75, 3.05) is 36.8 Å².